The standard InChI is InChI=1S/C20H21F3N2O2.ClH/c1-24-16-8-10-25(11-9-16)19(26)14-4-2-6-17(12-14)27-18-7-3-5-15(13-18)20(21,22)23;/h2-7,12-13,16,24H,8-11H2,1H3;1H. The third-order valence-electron chi connectivity index (χ3n) is 4.67. The van der Waals surface area contributed by atoms with Gasteiger partial charge in [-0.05, 0) is 56.3 Å². The lowest BCUT2D eigenvalue weighted by Gasteiger charge is -2.31. The van der Waals surface area contributed by atoms with Crippen LogP contribution in [0.15, 0.2) is 48.5 Å². The molecule has 1 fully saturated rings. The van der Waals surface area contributed by atoms with Crippen molar-refractivity contribution in [2.45, 2.75) is 25.1 Å². The Bertz CT molecular complexity index is 806. The van der Waals surface area contributed by atoms with E-state index in [4.69, 9.17) is 4.74 Å². The number of carbonyl (C=O) groups is 1. The zero-order valence-corrected chi connectivity index (χ0v) is 16.1. The number of halogens is 4. The summed E-state index contributed by atoms with van der Waals surface area (Å²) in [7, 11) is 1.91. The van der Waals surface area contributed by atoms with Gasteiger partial charge in [0.1, 0.15) is 11.5 Å². The Kier molecular flexibility index (Phi) is 7.32. The fraction of sp³-hybridized carbons (Fsp3) is 0.350. The molecule has 1 aliphatic heterocycles. The molecule has 4 nitrogen and oxygen atoms in total. The van der Waals surface area contributed by atoms with E-state index in [-0.39, 0.29) is 24.1 Å². The quantitative estimate of drug-likeness (QED) is 0.785. The van der Waals surface area contributed by atoms with E-state index in [0.29, 0.717) is 30.4 Å². The fourth-order valence-electron chi connectivity index (χ4n) is 3.12. The third kappa shape index (κ3) is 5.39. The van der Waals surface area contributed by atoms with Crippen LogP contribution in [0.4, 0.5) is 13.2 Å². The predicted molar refractivity (Wildman–Crippen MR) is 103 cm³/mol. The molecule has 0 radical (unpaired) electrons. The van der Waals surface area contributed by atoms with Gasteiger partial charge >= 0.3 is 6.18 Å². The SMILES string of the molecule is CNC1CCN(C(=O)c2cccc(Oc3cccc(C(F)(F)F)c3)c2)CC1.Cl. The topological polar surface area (TPSA) is 41.6 Å². The summed E-state index contributed by atoms with van der Waals surface area (Å²) in [6.45, 7) is 1.34. The molecule has 2 aromatic rings. The zero-order chi connectivity index (χ0) is 19.4. The molecule has 0 spiro atoms. The van der Waals surface area contributed by atoms with Gasteiger partial charge in [-0.3, -0.25) is 4.79 Å². The highest BCUT2D eigenvalue weighted by molar-refractivity contribution is 5.94. The first-order valence-electron chi connectivity index (χ1n) is 8.78. The number of carbonyl (C=O) groups excluding carboxylic acids is 1. The van der Waals surface area contributed by atoms with Gasteiger partial charge in [-0.25, -0.2) is 0 Å². The van der Waals surface area contributed by atoms with Crippen molar-refractivity contribution >= 4 is 18.3 Å². The number of hydrogen-bond donors (Lipinski definition) is 1. The van der Waals surface area contributed by atoms with Gasteiger partial charge in [-0.2, -0.15) is 13.2 Å². The first kappa shape index (κ1) is 22.0. The summed E-state index contributed by atoms with van der Waals surface area (Å²) < 4.78 is 44.0. The van der Waals surface area contributed by atoms with Crippen LogP contribution in [0, 0.1) is 0 Å². The summed E-state index contributed by atoms with van der Waals surface area (Å²) in [5.41, 5.74) is -0.318. The van der Waals surface area contributed by atoms with Crippen molar-refractivity contribution in [2.24, 2.45) is 0 Å². The zero-order valence-electron chi connectivity index (χ0n) is 15.3. The lowest BCUT2D eigenvalue weighted by Crippen LogP contribution is -2.43. The minimum atomic E-state index is -4.43. The van der Waals surface area contributed by atoms with E-state index in [0.717, 1.165) is 25.0 Å². The largest absolute Gasteiger partial charge is 0.457 e. The highest BCUT2D eigenvalue weighted by Gasteiger charge is 2.30. The minimum absolute atomic E-state index is 0. The molecule has 0 atom stereocenters. The second kappa shape index (κ2) is 9.30. The Hall–Kier alpha value is -2.25. The number of hydrogen-bond acceptors (Lipinski definition) is 3. The molecule has 1 saturated heterocycles. The Labute approximate surface area is 168 Å². The molecular formula is C20H22ClF3N2O2. The van der Waals surface area contributed by atoms with Gasteiger partial charge in [-0.15, -0.1) is 12.4 Å². The van der Waals surface area contributed by atoms with Gasteiger partial charge in [0.2, 0.25) is 0 Å². The Morgan fingerprint density at radius 1 is 1.07 bits per heavy atom. The summed E-state index contributed by atoms with van der Waals surface area (Å²) >= 11 is 0. The normalized spacial score (nSPS) is 15.1. The molecule has 1 amide bonds. The van der Waals surface area contributed by atoms with Crippen LogP contribution in [-0.4, -0.2) is 37.0 Å². The van der Waals surface area contributed by atoms with E-state index < -0.39 is 11.7 Å². The molecule has 2 aromatic carbocycles. The van der Waals surface area contributed by atoms with Gasteiger partial charge < -0.3 is 15.0 Å². The second-order valence-corrected chi connectivity index (χ2v) is 6.51. The Balaban J connectivity index is 0.00000280. The molecule has 0 aliphatic carbocycles. The van der Waals surface area contributed by atoms with Crippen LogP contribution in [0.3, 0.4) is 0 Å². The molecular weight excluding hydrogens is 393 g/mol. The third-order valence-corrected chi connectivity index (χ3v) is 4.67. The smallest absolute Gasteiger partial charge is 0.416 e. The number of amides is 1. The number of nitrogens with one attached hydrogen (secondary N) is 1. The summed E-state index contributed by atoms with van der Waals surface area (Å²) in [6.07, 6.45) is -2.65. The van der Waals surface area contributed by atoms with E-state index in [1.54, 1.807) is 29.2 Å². The van der Waals surface area contributed by atoms with Crippen molar-refractivity contribution < 1.29 is 22.7 Å². The van der Waals surface area contributed by atoms with E-state index >= 15 is 0 Å². The molecule has 0 unspecified atom stereocenters. The molecule has 3 rings (SSSR count). The molecule has 8 heteroatoms. The van der Waals surface area contributed by atoms with Crippen molar-refractivity contribution in [3.63, 3.8) is 0 Å². The highest BCUT2D eigenvalue weighted by atomic mass is 35.5. The highest BCUT2D eigenvalue weighted by Crippen LogP contribution is 2.32. The summed E-state index contributed by atoms with van der Waals surface area (Å²) in [6, 6.07) is 11.6. The average Bonchev–Trinajstić information content (AvgIpc) is 2.67. The van der Waals surface area contributed by atoms with Crippen molar-refractivity contribution in [1.29, 1.82) is 0 Å². The summed E-state index contributed by atoms with van der Waals surface area (Å²) in [5.74, 6) is 0.300. The van der Waals surface area contributed by atoms with Crippen LogP contribution in [0.5, 0.6) is 11.5 Å². The number of piperidine rings is 1. The van der Waals surface area contributed by atoms with Crippen LogP contribution >= 0.6 is 12.4 Å². The first-order chi connectivity index (χ1) is 12.9. The molecule has 0 bridgehead atoms. The lowest BCUT2D eigenvalue weighted by molar-refractivity contribution is -0.137. The van der Waals surface area contributed by atoms with E-state index in [1.807, 2.05) is 7.05 Å². The Morgan fingerprint density at radius 3 is 2.29 bits per heavy atom. The van der Waals surface area contributed by atoms with Crippen LogP contribution in [0.2, 0.25) is 0 Å². The van der Waals surface area contributed by atoms with Crippen LogP contribution in [0.25, 0.3) is 0 Å². The second-order valence-electron chi connectivity index (χ2n) is 6.51. The van der Waals surface area contributed by atoms with E-state index in [1.165, 1.54) is 12.1 Å². The summed E-state index contributed by atoms with van der Waals surface area (Å²) in [5, 5.41) is 3.22. The number of ether oxygens (including phenoxy) is 1. The average molecular weight is 415 g/mol. The van der Waals surface area contributed by atoms with Crippen LogP contribution < -0.4 is 10.1 Å². The molecule has 0 aromatic heterocycles. The number of benzene rings is 2. The number of rotatable bonds is 4. The van der Waals surface area contributed by atoms with Gasteiger partial charge in [0.15, 0.2) is 0 Å². The van der Waals surface area contributed by atoms with Crippen LogP contribution in [-0.2, 0) is 6.18 Å². The number of likely N-dealkylation sites (tertiary alicyclic amines) is 1. The first-order valence-corrected chi connectivity index (χ1v) is 8.78. The lowest BCUT2D eigenvalue weighted by atomic mass is 10.0. The monoisotopic (exact) mass is 414 g/mol. The van der Waals surface area contributed by atoms with Gasteiger partial charge in [-0.1, -0.05) is 12.1 Å². The molecule has 1 N–H and O–H groups in total. The van der Waals surface area contributed by atoms with Crippen molar-refractivity contribution in [2.75, 3.05) is 20.1 Å². The van der Waals surface area contributed by atoms with Crippen LogP contribution in [0.1, 0.15) is 28.8 Å². The molecule has 28 heavy (non-hydrogen) atoms. The predicted octanol–water partition coefficient (Wildman–Crippen LogP) is 4.74. The molecule has 0 saturated carbocycles. The Morgan fingerprint density at radius 2 is 1.68 bits per heavy atom. The molecule has 152 valence electrons. The summed E-state index contributed by atoms with van der Waals surface area (Å²) in [4.78, 5) is 14.5. The fourth-order valence-corrected chi connectivity index (χ4v) is 3.12. The maximum Gasteiger partial charge on any atom is 0.416 e. The van der Waals surface area contributed by atoms with Gasteiger partial charge in [0, 0.05) is 24.7 Å². The minimum Gasteiger partial charge on any atom is -0.457 e. The maximum atomic E-state index is 12.8. The van der Waals surface area contributed by atoms with Gasteiger partial charge in [0.25, 0.3) is 5.91 Å². The van der Waals surface area contributed by atoms with E-state index in [2.05, 4.69) is 5.32 Å². The molecule has 1 aliphatic rings. The number of nitrogens with zero attached hydrogens (tertiary/aromatic N) is 1. The van der Waals surface area contributed by atoms with E-state index in [9.17, 15) is 18.0 Å². The number of alkyl halides is 3. The van der Waals surface area contributed by atoms with Crippen molar-refractivity contribution in [1.82, 2.24) is 10.2 Å². The van der Waals surface area contributed by atoms with Gasteiger partial charge in [0.05, 0.1) is 5.56 Å². The van der Waals surface area contributed by atoms with Crippen molar-refractivity contribution in [3.05, 3.63) is 59.7 Å². The maximum absolute atomic E-state index is 12.8. The van der Waals surface area contributed by atoms with Crippen molar-refractivity contribution in [3.8, 4) is 11.5 Å². The molecule has 1 heterocycles.